The van der Waals surface area contributed by atoms with Gasteiger partial charge < -0.3 is 4.79 Å². The van der Waals surface area contributed by atoms with Crippen LogP contribution < -0.4 is 4.99 Å². The van der Waals surface area contributed by atoms with Crippen LogP contribution in [-0.2, 0) is 10.3 Å². The molecule has 1 radical (unpaired) electrons. The first-order valence-corrected chi connectivity index (χ1v) is 7.96. The van der Waals surface area contributed by atoms with E-state index in [1.54, 1.807) is 0 Å². The van der Waals surface area contributed by atoms with Gasteiger partial charge in [0.2, 0.25) is 11.3 Å². The van der Waals surface area contributed by atoms with E-state index in [4.69, 9.17) is 9.98 Å². The number of hydrogen-bond donors (Lipinski definition) is 0. The minimum absolute atomic E-state index is 0.473. The van der Waals surface area contributed by atoms with Gasteiger partial charge in [0.15, 0.2) is 0 Å². The van der Waals surface area contributed by atoms with E-state index in [1.807, 2.05) is 36.4 Å². The zero-order chi connectivity index (χ0) is 16.1. The molecule has 0 amide bonds. The summed E-state index contributed by atoms with van der Waals surface area (Å²) < 4.78 is 0. The average molecular weight is 304 g/mol. The number of carbonyl (C=O) groups is 1. The van der Waals surface area contributed by atoms with Crippen LogP contribution in [0.3, 0.4) is 0 Å². The second-order valence-electron chi connectivity index (χ2n) is 5.85. The highest BCUT2D eigenvalue weighted by atomic mass is 16.1. The van der Waals surface area contributed by atoms with Crippen LogP contribution in [0.2, 0.25) is 0 Å². The smallest absolute Gasteiger partial charge is 0.303 e. The number of carbonyl (C=O) groups excluding carboxylic acids is 1. The number of amidine groups is 1. The second kappa shape index (κ2) is 6.69. The molecule has 1 atom stereocenters. The van der Waals surface area contributed by atoms with Crippen LogP contribution >= 0.6 is 0 Å². The summed E-state index contributed by atoms with van der Waals surface area (Å²) in [4.78, 5) is 20.3. The van der Waals surface area contributed by atoms with E-state index >= 15 is 0 Å². The summed E-state index contributed by atoms with van der Waals surface area (Å²) in [6.07, 6.45) is 3.03. The van der Waals surface area contributed by atoms with E-state index in [-0.39, 0.29) is 0 Å². The first kappa shape index (κ1) is 15.3. The zero-order valence-electron chi connectivity index (χ0n) is 13.3. The summed E-state index contributed by atoms with van der Waals surface area (Å²) in [5.41, 5.74) is 2.73. The van der Waals surface area contributed by atoms with Crippen molar-refractivity contribution in [1.82, 2.24) is 4.99 Å². The lowest BCUT2D eigenvalue weighted by Crippen LogP contribution is -2.30. The maximum Gasteiger partial charge on any atom is 0.335 e. The van der Waals surface area contributed by atoms with Crippen LogP contribution in [0.25, 0.3) is 0 Å². The van der Waals surface area contributed by atoms with Crippen LogP contribution in [-0.4, -0.2) is 17.8 Å². The van der Waals surface area contributed by atoms with Crippen LogP contribution in [0, 0.1) is 0 Å². The van der Waals surface area contributed by atoms with Crippen LogP contribution in [0.4, 0.5) is 0 Å². The Bertz CT molecular complexity index is 735. The Balaban J connectivity index is 2.00. The fraction of sp³-hybridized carbons (Fsp3) is 0.250. The molecule has 3 heteroatoms. The molecule has 3 rings (SSSR count). The van der Waals surface area contributed by atoms with Crippen molar-refractivity contribution >= 4 is 17.8 Å². The first-order chi connectivity index (χ1) is 11.2. The normalized spacial score (nSPS) is 20.0. The maximum absolute atomic E-state index is 10.5. The van der Waals surface area contributed by atoms with E-state index in [0.29, 0.717) is 6.42 Å². The Morgan fingerprint density at radius 3 is 2.35 bits per heavy atom. The third-order valence-corrected chi connectivity index (χ3v) is 4.16. The molecular weight excluding hydrogens is 284 g/mol. The number of hydrogen-bond acceptors (Lipinski definition) is 3. The third-order valence-electron chi connectivity index (χ3n) is 4.16. The number of aldehydes is 1. The van der Waals surface area contributed by atoms with Crippen LogP contribution in [0.5, 0.6) is 0 Å². The summed E-state index contributed by atoms with van der Waals surface area (Å²) in [6, 6.07) is 20.5. The van der Waals surface area contributed by atoms with Gasteiger partial charge in [0.05, 0.1) is 6.42 Å². The lowest BCUT2D eigenvalue weighted by molar-refractivity contribution is -0.107. The van der Waals surface area contributed by atoms with Crippen molar-refractivity contribution < 1.29 is 4.79 Å². The Morgan fingerprint density at radius 2 is 1.70 bits per heavy atom. The number of benzene rings is 2. The van der Waals surface area contributed by atoms with E-state index in [0.717, 1.165) is 41.8 Å². The van der Waals surface area contributed by atoms with Crippen molar-refractivity contribution in [1.29, 1.82) is 0 Å². The van der Waals surface area contributed by atoms with Crippen molar-refractivity contribution in [2.75, 3.05) is 0 Å². The van der Waals surface area contributed by atoms with E-state index in [1.165, 1.54) is 0 Å². The molecule has 1 unspecified atom stereocenters. The van der Waals surface area contributed by atoms with Crippen LogP contribution in [0.15, 0.2) is 65.7 Å². The summed E-state index contributed by atoms with van der Waals surface area (Å²) in [5, 5.41) is 0. The summed E-state index contributed by atoms with van der Waals surface area (Å²) in [7, 11) is 0. The van der Waals surface area contributed by atoms with Crippen molar-refractivity contribution in [3.8, 4) is 0 Å². The molecular formula is C20H20N2O+. The largest absolute Gasteiger partial charge is 0.335 e. The van der Waals surface area contributed by atoms with Gasteiger partial charge in [-0.25, -0.2) is 0 Å². The van der Waals surface area contributed by atoms with Crippen molar-refractivity contribution in [3.63, 3.8) is 0 Å². The number of unbranched alkanes of at least 4 members (excludes halogenated alkanes) is 1. The number of aliphatic imine (C=N–C) groups is 2. The standard InChI is InChI=1S/C20H20N2O/c1-20(17-12-6-3-7-13-17)19(16-10-4-2-5-11-16)21-18(22-20)14-8-9-15-23/h2-7,10-13,15H,8-9,14H2,1H3/q+1. The second-order valence-corrected chi connectivity index (χ2v) is 5.85. The van der Waals surface area contributed by atoms with E-state index in [2.05, 4.69) is 31.2 Å². The molecule has 3 nitrogen and oxygen atoms in total. The molecule has 1 heterocycles. The molecule has 2 aromatic rings. The van der Waals surface area contributed by atoms with Gasteiger partial charge in [-0.1, -0.05) is 65.7 Å². The minimum Gasteiger partial charge on any atom is -0.303 e. The van der Waals surface area contributed by atoms with Crippen molar-refractivity contribution in [2.45, 2.75) is 31.7 Å². The molecule has 0 bridgehead atoms. The van der Waals surface area contributed by atoms with Gasteiger partial charge in [-0.05, 0) is 18.3 Å². The summed E-state index contributed by atoms with van der Waals surface area (Å²) in [6.45, 7) is 2.11. The fourth-order valence-electron chi connectivity index (χ4n) is 2.93. The highest BCUT2D eigenvalue weighted by molar-refractivity contribution is 6.15. The van der Waals surface area contributed by atoms with Gasteiger partial charge in [0, 0.05) is 17.5 Å². The SMILES string of the molecule is CC1(c2ccccc2)N=C(CCCC=O)[N+]=C1c1ccccc1. The Morgan fingerprint density at radius 1 is 1.04 bits per heavy atom. The predicted octanol–water partition coefficient (Wildman–Crippen LogP) is 3.51. The monoisotopic (exact) mass is 304 g/mol. The van der Waals surface area contributed by atoms with Gasteiger partial charge >= 0.3 is 5.84 Å². The maximum atomic E-state index is 10.5. The molecule has 23 heavy (non-hydrogen) atoms. The molecule has 0 aliphatic carbocycles. The highest BCUT2D eigenvalue weighted by Gasteiger charge is 2.48. The van der Waals surface area contributed by atoms with Gasteiger partial charge in [0.25, 0.3) is 0 Å². The van der Waals surface area contributed by atoms with E-state index < -0.39 is 5.54 Å². The zero-order valence-corrected chi connectivity index (χ0v) is 13.3. The molecule has 0 aromatic heterocycles. The topological polar surface area (TPSA) is 43.5 Å². The Labute approximate surface area is 136 Å². The van der Waals surface area contributed by atoms with Gasteiger partial charge in [-0.2, -0.15) is 0 Å². The van der Waals surface area contributed by atoms with Gasteiger partial charge in [-0.15, -0.1) is 0 Å². The van der Waals surface area contributed by atoms with Crippen molar-refractivity contribution in [2.24, 2.45) is 4.99 Å². The van der Waals surface area contributed by atoms with E-state index in [9.17, 15) is 4.79 Å². The molecule has 115 valence electrons. The molecule has 0 spiro atoms. The molecule has 2 aromatic carbocycles. The van der Waals surface area contributed by atoms with Gasteiger partial charge in [-0.3, -0.25) is 0 Å². The minimum atomic E-state index is -0.473. The lowest BCUT2D eigenvalue weighted by Gasteiger charge is -2.16. The number of nitrogens with zero attached hydrogens (tertiary/aromatic N) is 2. The van der Waals surface area contributed by atoms with Crippen molar-refractivity contribution in [3.05, 3.63) is 71.8 Å². The molecule has 0 saturated carbocycles. The molecule has 0 saturated heterocycles. The molecule has 1 aliphatic heterocycles. The van der Waals surface area contributed by atoms with Gasteiger partial charge in [0.1, 0.15) is 6.29 Å². The highest BCUT2D eigenvalue weighted by Crippen LogP contribution is 2.32. The first-order valence-electron chi connectivity index (χ1n) is 7.96. The quantitative estimate of drug-likeness (QED) is 0.595. The Kier molecular flexibility index (Phi) is 4.47. The molecule has 1 aliphatic rings. The Hall–Kier alpha value is -2.55. The van der Waals surface area contributed by atoms with Crippen LogP contribution in [0.1, 0.15) is 37.3 Å². The lowest BCUT2D eigenvalue weighted by atomic mass is 9.84. The molecule has 0 N–H and O–H groups in total. The fourth-order valence-corrected chi connectivity index (χ4v) is 2.93. The third kappa shape index (κ3) is 3.14. The summed E-state index contributed by atoms with van der Waals surface area (Å²) in [5.74, 6) is 0.831. The summed E-state index contributed by atoms with van der Waals surface area (Å²) >= 11 is 0. The molecule has 0 fully saturated rings. The predicted molar refractivity (Wildman–Crippen MR) is 93.8 cm³/mol. The average Bonchev–Trinajstić information content (AvgIpc) is 2.95. The number of rotatable bonds is 6.